The smallest absolute Gasteiger partial charge is 0.256 e. The average molecular weight is 233 g/mol. The zero-order chi connectivity index (χ0) is 12.5. The zero-order valence-corrected chi connectivity index (χ0v) is 9.95. The summed E-state index contributed by atoms with van der Waals surface area (Å²) in [7, 11) is 0. The first-order chi connectivity index (χ1) is 8.75. The molecule has 0 aliphatic carbocycles. The molecular weight excluding hydrogens is 222 g/mol. The Balaban J connectivity index is 2.26. The summed E-state index contributed by atoms with van der Waals surface area (Å²) in [6.45, 7) is 1.97. The van der Waals surface area contributed by atoms with Gasteiger partial charge in [0.2, 0.25) is 0 Å². The Morgan fingerprint density at radius 3 is 2.56 bits per heavy atom. The number of carbonyl (C=O) groups excluding carboxylic acids is 1. The number of hydrogen-bond acceptors (Lipinski definition) is 1. The van der Waals surface area contributed by atoms with Crippen LogP contribution in [0.3, 0.4) is 0 Å². The topological polar surface area (TPSA) is 29.1 Å². The van der Waals surface area contributed by atoms with E-state index < -0.39 is 0 Å². The lowest BCUT2D eigenvalue weighted by Gasteiger charge is -2.13. The number of nitrogens with one attached hydrogen (secondary N) is 1. The van der Waals surface area contributed by atoms with Gasteiger partial charge in [0.05, 0.1) is 11.3 Å². The van der Waals surface area contributed by atoms with E-state index in [1.807, 2.05) is 43.3 Å². The number of carbonyl (C=O) groups is 1. The van der Waals surface area contributed by atoms with Crippen LogP contribution in [0.15, 0.2) is 42.5 Å². The third-order valence-corrected chi connectivity index (χ3v) is 3.01. The van der Waals surface area contributed by atoms with Gasteiger partial charge in [0.1, 0.15) is 0 Å². The number of amides is 1. The Kier molecular flexibility index (Phi) is 2.39. The second-order valence-corrected chi connectivity index (χ2v) is 4.25. The molecular formula is C16H11NO. The lowest BCUT2D eigenvalue weighted by molar-refractivity contribution is 0.102. The average Bonchev–Trinajstić information content (AvgIpc) is 2.38. The molecule has 0 aromatic heterocycles. The van der Waals surface area contributed by atoms with Gasteiger partial charge in [-0.2, -0.15) is 0 Å². The van der Waals surface area contributed by atoms with E-state index in [0.29, 0.717) is 5.56 Å². The van der Waals surface area contributed by atoms with E-state index in [2.05, 4.69) is 17.2 Å². The van der Waals surface area contributed by atoms with E-state index in [9.17, 15) is 4.79 Å². The molecule has 18 heavy (non-hydrogen) atoms. The minimum atomic E-state index is -0.102. The van der Waals surface area contributed by atoms with Crippen molar-refractivity contribution in [1.82, 2.24) is 0 Å². The summed E-state index contributed by atoms with van der Waals surface area (Å²) >= 11 is 0. The van der Waals surface area contributed by atoms with Gasteiger partial charge < -0.3 is 5.32 Å². The lowest BCUT2D eigenvalue weighted by atomic mass is 10.0. The maximum atomic E-state index is 12.2. The number of anilines is 1. The fraction of sp³-hybridized carbons (Fsp3) is 0.0625. The van der Waals surface area contributed by atoms with Crippen LogP contribution >= 0.6 is 0 Å². The minimum Gasteiger partial charge on any atom is -0.321 e. The summed E-state index contributed by atoms with van der Waals surface area (Å²) in [6, 6.07) is 13.2. The fourth-order valence-corrected chi connectivity index (χ4v) is 2.04. The molecule has 0 radical (unpaired) electrons. The van der Waals surface area contributed by atoms with Gasteiger partial charge >= 0.3 is 0 Å². The van der Waals surface area contributed by atoms with E-state index in [0.717, 1.165) is 22.4 Å². The zero-order valence-electron chi connectivity index (χ0n) is 9.95. The van der Waals surface area contributed by atoms with Crippen molar-refractivity contribution < 1.29 is 4.79 Å². The molecule has 0 spiro atoms. The largest absolute Gasteiger partial charge is 0.321 e. The van der Waals surface area contributed by atoms with Crippen LogP contribution in [0.5, 0.6) is 0 Å². The highest BCUT2D eigenvalue weighted by atomic mass is 16.1. The first kappa shape index (κ1) is 10.6. The molecule has 1 aliphatic heterocycles. The van der Waals surface area contributed by atoms with Gasteiger partial charge in [-0.3, -0.25) is 4.79 Å². The van der Waals surface area contributed by atoms with E-state index in [-0.39, 0.29) is 5.91 Å². The molecule has 2 heteroatoms. The third kappa shape index (κ3) is 1.66. The second kappa shape index (κ2) is 4.05. The Morgan fingerprint density at radius 1 is 0.944 bits per heavy atom. The summed E-state index contributed by atoms with van der Waals surface area (Å²) in [6.07, 6.45) is 0. The van der Waals surface area contributed by atoms with Gasteiger partial charge in [-0.1, -0.05) is 36.1 Å². The van der Waals surface area contributed by atoms with E-state index in [4.69, 9.17) is 0 Å². The fourth-order valence-electron chi connectivity index (χ4n) is 2.04. The quantitative estimate of drug-likeness (QED) is 0.696. The van der Waals surface area contributed by atoms with Crippen molar-refractivity contribution in [2.75, 3.05) is 5.32 Å². The van der Waals surface area contributed by atoms with Crippen molar-refractivity contribution in [3.8, 4) is 11.8 Å². The van der Waals surface area contributed by atoms with Gasteiger partial charge in [-0.25, -0.2) is 0 Å². The van der Waals surface area contributed by atoms with Crippen molar-refractivity contribution in [2.24, 2.45) is 0 Å². The van der Waals surface area contributed by atoms with E-state index in [1.165, 1.54) is 0 Å². The highest BCUT2D eigenvalue weighted by Gasteiger charge is 2.14. The predicted octanol–water partition coefficient (Wildman–Crippen LogP) is 2.96. The first-order valence-corrected chi connectivity index (χ1v) is 5.78. The van der Waals surface area contributed by atoms with Crippen molar-refractivity contribution in [3.63, 3.8) is 0 Å². The maximum Gasteiger partial charge on any atom is 0.256 e. The van der Waals surface area contributed by atoms with Gasteiger partial charge in [0.25, 0.3) is 5.91 Å². The van der Waals surface area contributed by atoms with Crippen LogP contribution in [0, 0.1) is 18.8 Å². The lowest BCUT2D eigenvalue weighted by Crippen LogP contribution is -2.16. The molecule has 2 aromatic rings. The minimum absolute atomic E-state index is 0.102. The van der Waals surface area contributed by atoms with Crippen LogP contribution in [0.4, 0.5) is 5.69 Å². The number of hydrogen-bond donors (Lipinski definition) is 1. The summed E-state index contributed by atoms with van der Waals surface area (Å²) < 4.78 is 0. The van der Waals surface area contributed by atoms with Crippen LogP contribution in [0.1, 0.15) is 27.0 Å². The van der Waals surface area contributed by atoms with Gasteiger partial charge in [0.15, 0.2) is 0 Å². The predicted molar refractivity (Wildman–Crippen MR) is 71.6 cm³/mol. The van der Waals surface area contributed by atoms with Gasteiger partial charge in [-0.15, -0.1) is 0 Å². The molecule has 86 valence electrons. The standard InChI is InChI=1S/C16H11NO/c1-11-5-4-7-13-10-9-12-6-2-3-8-14(12)16(18)17-15(11)13/h2-8H,1H3,(H,17,18). The molecule has 0 bridgehead atoms. The number of fused-ring (bicyclic) bond motifs is 2. The number of rotatable bonds is 0. The van der Waals surface area contributed by atoms with Crippen molar-refractivity contribution >= 4 is 11.6 Å². The van der Waals surface area contributed by atoms with Crippen molar-refractivity contribution in [2.45, 2.75) is 6.92 Å². The molecule has 0 unspecified atom stereocenters. The molecule has 1 heterocycles. The van der Waals surface area contributed by atoms with Crippen LogP contribution in [0.2, 0.25) is 0 Å². The summed E-state index contributed by atoms with van der Waals surface area (Å²) in [5.74, 6) is 6.08. The third-order valence-electron chi connectivity index (χ3n) is 3.01. The monoisotopic (exact) mass is 233 g/mol. The van der Waals surface area contributed by atoms with Gasteiger partial charge in [0, 0.05) is 11.1 Å². The summed E-state index contributed by atoms with van der Waals surface area (Å²) in [5.41, 5.74) is 4.08. The molecule has 1 aliphatic rings. The maximum absolute atomic E-state index is 12.2. The van der Waals surface area contributed by atoms with Crippen LogP contribution < -0.4 is 5.32 Å². The molecule has 3 rings (SSSR count). The summed E-state index contributed by atoms with van der Waals surface area (Å²) in [4.78, 5) is 12.2. The number of benzene rings is 2. The Labute approximate surface area is 106 Å². The molecule has 1 amide bonds. The molecule has 0 fully saturated rings. The second-order valence-electron chi connectivity index (χ2n) is 4.25. The highest BCUT2D eigenvalue weighted by molar-refractivity contribution is 6.07. The Bertz CT molecular complexity index is 705. The summed E-state index contributed by atoms with van der Waals surface area (Å²) in [5, 5.41) is 2.95. The molecule has 0 saturated heterocycles. The SMILES string of the molecule is Cc1cccc2c1NC(=O)c1ccccc1C#C2. The number of aryl methyl sites for hydroxylation is 1. The number of para-hydroxylation sites is 1. The van der Waals surface area contributed by atoms with Gasteiger partial charge in [-0.05, 0) is 30.7 Å². The Morgan fingerprint density at radius 2 is 1.67 bits per heavy atom. The normalized spacial score (nSPS) is 12.2. The molecule has 0 atom stereocenters. The van der Waals surface area contributed by atoms with Crippen molar-refractivity contribution in [3.05, 3.63) is 64.7 Å². The highest BCUT2D eigenvalue weighted by Crippen LogP contribution is 2.23. The van der Waals surface area contributed by atoms with E-state index in [1.54, 1.807) is 6.07 Å². The van der Waals surface area contributed by atoms with Crippen molar-refractivity contribution in [1.29, 1.82) is 0 Å². The first-order valence-electron chi connectivity index (χ1n) is 5.78. The molecule has 1 N–H and O–H groups in total. The Hall–Kier alpha value is -2.53. The van der Waals surface area contributed by atoms with Crippen LogP contribution in [0.25, 0.3) is 0 Å². The molecule has 0 saturated carbocycles. The van der Waals surface area contributed by atoms with Crippen LogP contribution in [-0.2, 0) is 0 Å². The molecule has 2 aromatic carbocycles. The van der Waals surface area contributed by atoms with E-state index >= 15 is 0 Å². The molecule has 2 nitrogen and oxygen atoms in total. The van der Waals surface area contributed by atoms with Crippen LogP contribution in [-0.4, -0.2) is 5.91 Å².